The van der Waals surface area contributed by atoms with Crippen LogP contribution in [0.1, 0.15) is 34.3 Å². The number of nitrogens with two attached hydrogens (primary N) is 1. The molecular formula is C37H32N6O6. The van der Waals surface area contributed by atoms with E-state index in [9.17, 15) is 28.8 Å². The van der Waals surface area contributed by atoms with Gasteiger partial charge in [0.2, 0.25) is 5.91 Å². The zero-order valence-corrected chi connectivity index (χ0v) is 26.8. The summed E-state index contributed by atoms with van der Waals surface area (Å²) in [6.45, 7) is -0.223. The predicted molar refractivity (Wildman–Crippen MR) is 187 cm³/mol. The summed E-state index contributed by atoms with van der Waals surface area (Å²) in [6, 6.07) is 25.5. The summed E-state index contributed by atoms with van der Waals surface area (Å²) < 4.78 is 4.96. The number of para-hydroxylation sites is 3. The summed E-state index contributed by atoms with van der Waals surface area (Å²) in [5.41, 5.74) is 6.17. The van der Waals surface area contributed by atoms with Gasteiger partial charge in [0, 0.05) is 50.5 Å². The number of amides is 1. The summed E-state index contributed by atoms with van der Waals surface area (Å²) in [6.07, 6.45) is -0.121. The molecule has 1 atom stereocenters. The Kier molecular flexibility index (Phi) is 7.50. The third-order valence-corrected chi connectivity index (χ3v) is 9.66. The van der Waals surface area contributed by atoms with Crippen LogP contribution in [0.3, 0.4) is 0 Å². The van der Waals surface area contributed by atoms with Gasteiger partial charge in [0.25, 0.3) is 11.1 Å². The van der Waals surface area contributed by atoms with Gasteiger partial charge in [-0.05, 0) is 60.0 Å². The molecule has 4 aromatic carbocycles. The van der Waals surface area contributed by atoms with Gasteiger partial charge in [-0.25, -0.2) is 9.59 Å². The van der Waals surface area contributed by atoms with E-state index in [-0.39, 0.29) is 48.9 Å². The molecule has 12 nitrogen and oxygen atoms in total. The monoisotopic (exact) mass is 656 g/mol. The van der Waals surface area contributed by atoms with E-state index < -0.39 is 27.9 Å². The van der Waals surface area contributed by atoms with Crippen LogP contribution in [-0.2, 0) is 37.4 Å². The first-order chi connectivity index (χ1) is 23.5. The average Bonchev–Trinajstić information content (AvgIpc) is 3.40. The average molecular weight is 657 g/mol. The second kappa shape index (κ2) is 11.7. The van der Waals surface area contributed by atoms with E-state index in [4.69, 9.17) is 5.73 Å². The summed E-state index contributed by atoms with van der Waals surface area (Å²) in [7, 11) is 3.17. The van der Waals surface area contributed by atoms with Crippen LogP contribution in [0.15, 0.2) is 110 Å². The van der Waals surface area contributed by atoms with Gasteiger partial charge in [0.15, 0.2) is 5.78 Å². The number of rotatable bonds is 8. The first kappa shape index (κ1) is 31.3. The zero-order valence-electron chi connectivity index (χ0n) is 26.8. The van der Waals surface area contributed by atoms with Crippen molar-refractivity contribution in [3.05, 3.63) is 149 Å². The van der Waals surface area contributed by atoms with Gasteiger partial charge in [-0.3, -0.25) is 37.4 Å². The van der Waals surface area contributed by atoms with Crippen molar-refractivity contribution >= 4 is 44.9 Å². The standard InChI is InChI=1S/C37H32N6O6/c1-40-29-13-7-3-9-24(29)32(45)42(35(40)48)19-17-31(44)23-16-15-22(21-27(23)38)37(26-11-5-6-12-28(26)39-34(37)47)18-20-43-33(46)25-10-4-8-14-30(25)41(2)36(43)49/h3-16,21H,17-20,38H2,1-2H3,(H,39,47). The number of nitrogens with zero attached hydrogens (tertiary/aromatic N) is 4. The normalized spacial score (nSPS) is 15.4. The largest absolute Gasteiger partial charge is 0.398 e. The van der Waals surface area contributed by atoms with Gasteiger partial charge in [0.1, 0.15) is 5.41 Å². The molecule has 0 spiro atoms. The second-order valence-corrected chi connectivity index (χ2v) is 12.3. The molecule has 1 unspecified atom stereocenters. The Balaban J connectivity index is 1.24. The summed E-state index contributed by atoms with van der Waals surface area (Å²) in [4.78, 5) is 80.3. The Labute approximate surface area is 278 Å². The first-order valence-corrected chi connectivity index (χ1v) is 15.8. The van der Waals surface area contributed by atoms with E-state index in [1.54, 1.807) is 93.0 Å². The number of aromatic nitrogens is 4. The molecule has 1 aliphatic rings. The van der Waals surface area contributed by atoms with Crippen LogP contribution >= 0.6 is 0 Å². The number of hydrogen-bond donors (Lipinski definition) is 2. The lowest BCUT2D eigenvalue weighted by molar-refractivity contribution is -0.119. The second-order valence-electron chi connectivity index (χ2n) is 12.3. The smallest absolute Gasteiger partial charge is 0.331 e. The van der Waals surface area contributed by atoms with Crippen LogP contribution in [0.5, 0.6) is 0 Å². The molecule has 49 heavy (non-hydrogen) atoms. The highest BCUT2D eigenvalue weighted by molar-refractivity contribution is 6.09. The first-order valence-electron chi connectivity index (χ1n) is 15.8. The Morgan fingerprint density at radius 2 is 1.27 bits per heavy atom. The third-order valence-electron chi connectivity index (χ3n) is 9.66. The number of carbonyl (C=O) groups is 2. The van der Waals surface area contributed by atoms with Crippen molar-refractivity contribution in [3.8, 4) is 0 Å². The minimum absolute atomic E-state index is 0.0459. The maximum absolute atomic E-state index is 13.9. The van der Waals surface area contributed by atoms with E-state index in [1.165, 1.54) is 15.2 Å². The number of carbonyl (C=O) groups excluding carboxylic acids is 2. The van der Waals surface area contributed by atoms with Crippen molar-refractivity contribution in [1.29, 1.82) is 0 Å². The van der Waals surface area contributed by atoms with E-state index in [1.807, 2.05) is 6.07 Å². The maximum Gasteiger partial charge on any atom is 0.331 e. The molecule has 3 heterocycles. The predicted octanol–water partition coefficient (Wildman–Crippen LogP) is 2.90. The van der Waals surface area contributed by atoms with Crippen LogP contribution in [0, 0.1) is 0 Å². The lowest BCUT2D eigenvalue weighted by atomic mass is 9.72. The van der Waals surface area contributed by atoms with Crippen LogP contribution in [0.25, 0.3) is 21.8 Å². The number of aryl methyl sites for hydroxylation is 2. The number of hydrogen-bond acceptors (Lipinski definition) is 7. The fourth-order valence-electron chi connectivity index (χ4n) is 7.03. The minimum Gasteiger partial charge on any atom is -0.398 e. The zero-order chi connectivity index (χ0) is 34.6. The molecule has 6 aromatic rings. The highest BCUT2D eigenvalue weighted by Gasteiger charge is 2.48. The molecule has 0 aliphatic carbocycles. The van der Waals surface area contributed by atoms with Crippen LogP contribution in [0.4, 0.5) is 11.4 Å². The summed E-state index contributed by atoms with van der Waals surface area (Å²) in [5, 5.41) is 3.68. The van der Waals surface area contributed by atoms with Gasteiger partial charge in [-0.15, -0.1) is 0 Å². The Bertz CT molecular complexity index is 2610. The Morgan fingerprint density at radius 3 is 1.88 bits per heavy atom. The molecule has 0 saturated heterocycles. The highest BCUT2D eigenvalue weighted by atomic mass is 16.2. The molecule has 0 bridgehead atoms. The van der Waals surface area contributed by atoms with E-state index in [0.717, 1.165) is 9.13 Å². The molecule has 2 aromatic heterocycles. The molecule has 246 valence electrons. The van der Waals surface area contributed by atoms with Crippen LogP contribution in [-0.4, -0.2) is 30.0 Å². The number of Topliss-reactive ketones (excluding diaryl/α,β-unsaturated/α-hetero) is 1. The van der Waals surface area contributed by atoms with Crippen molar-refractivity contribution in [2.45, 2.75) is 31.3 Å². The minimum atomic E-state index is -1.34. The summed E-state index contributed by atoms with van der Waals surface area (Å²) in [5.74, 6) is -0.743. The number of nitrogen functional groups attached to an aromatic ring is 1. The fourth-order valence-corrected chi connectivity index (χ4v) is 7.03. The van der Waals surface area contributed by atoms with E-state index in [2.05, 4.69) is 5.32 Å². The molecular weight excluding hydrogens is 624 g/mol. The topological polar surface area (TPSA) is 160 Å². The Morgan fingerprint density at radius 1 is 0.714 bits per heavy atom. The van der Waals surface area contributed by atoms with Crippen LogP contribution < -0.4 is 33.5 Å². The Hall–Kier alpha value is -6.30. The van der Waals surface area contributed by atoms with Gasteiger partial charge >= 0.3 is 11.4 Å². The molecule has 0 fully saturated rings. The lowest BCUT2D eigenvalue weighted by Crippen LogP contribution is -2.43. The quantitative estimate of drug-likeness (QED) is 0.188. The molecule has 0 radical (unpaired) electrons. The van der Waals surface area contributed by atoms with Crippen molar-refractivity contribution in [3.63, 3.8) is 0 Å². The van der Waals surface area contributed by atoms with Crippen molar-refractivity contribution in [1.82, 2.24) is 18.3 Å². The fraction of sp³-hybridized carbons (Fsp3) is 0.189. The number of anilines is 2. The van der Waals surface area contributed by atoms with Gasteiger partial charge in [-0.2, -0.15) is 0 Å². The van der Waals surface area contributed by atoms with Gasteiger partial charge in [0.05, 0.1) is 21.8 Å². The SMILES string of the molecule is Cn1c(=O)n(CCC(=O)c2ccc(C3(CCn4c(=O)c5ccccc5n(C)c4=O)C(=O)Nc4ccccc43)cc2N)c(=O)c2ccccc21. The van der Waals surface area contributed by atoms with Crippen molar-refractivity contribution < 1.29 is 9.59 Å². The van der Waals surface area contributed by atoms with Gasteiger partial charge < -0.3 is 11.1 Å². The molecule has 7 rings (SSSR count). The highest BCUT2D eigenvalue weighted by Crippen LogP contribution is 2.46. The molecule has 1 amide bonds. The van der Waals surface area contributed by atoms with E-state index >= 15 is 0 Å². The summed E-state index contributed by atoms with van der Waals surface area (Å²) >= 11 is 0. The lowest BCUT2D eigenvalue weighted by Gasteiger charge is -2.29. The number of benzene rings is 4. The molecule has 3 N–H and O–H groups in total. The molecule has 1 aliphatic heterocycles. The molecule has 0 saturated carbocycles. The number of nitrogens with one attached hydrogen (secondary N) is 1. The number of ketones is 1. The van der Waals surface area contributed by atoms with E-state index in [0.29, 0.717) is 38.6 Å². The maximum atomic E-state index is 13.9. The van der Waals surface area contributed by atoms with Crippen molar-refractivity contribution in [2.75, 3.05) is 11.1 Å². The molecule has 12 heteroatoms. The van der Waals surface area contributed by atoms with Crippen molar-refractivity contribution in [2.24, 2.45) is 14.1 Å². The van der Waals surface area contributed by atoms with Crippen LogP contribution in [0.2, 0.25) is 0 Å². The van der Waals surface area contributed by atoms with Gasteiger partial charge in [-0.1, -0.05) is 48.5 Å². The third kappa shape index (κ3) is 4.83. The number of fused-ring (bicyclic) bond motifs is 3.